The molecule has 0 radical (unpaired) electrons. The fourth-order valence-corrected chi connectivity index (χ4v) is 4.09. The molecule has 0 bridgehead atoms. The van der Waals surface area contributed by atoms with Gasteiger partial charge in [-0.05, 0) is 42.2 Å². The van der Waals surface area contributed by atoms with Gasteiger partial charge in [0.15, 0.2) is 0 Å². The third-order valence-electron chi connectivity index (χ3n) is 5.96. The predicted octanol–water partition coefficient (Wildman–Crippen LogP) is 5.26. The number of nitrogens with zero attached hydrogens (tertiary/aromatic N) is 2. The maximum atomic E-state index is 12.8. The maximum absolute atomic E-state index is 12.8. The van der Waals surface area contributed by atoms with Crippen LogP contribution in [0.2, 0.25) is 10.0 Å². The van der Waals surface area contributed by atoms with Gasteiger partial charge in [0.05, 0.1) is 10.0 Å². The predicted molar refractivity (Wildman–Crippen MR) is 130 cm³/mol. The third-order valence-corrected chi connectivity index (χ3v) is 6.70. The summed E-state index contributed by atoms with van der Waals surface area (Å²) in [4.78, 5) is 17.7. The number of hydrogen-bond donors (Lipinski definition) is 1. The fourth-order valence-electron chi connectivity index (χ4n) is 3.77. The Morgan fingerprint density at radius 2 is 1.58 bits per heavy atom. The van der Waals surface area contributed by atoms with E-state index in [2.05, 4.69) is 35.9 Å². The van der Waals surface area contributed by atoms with Crippen LogP contribution in [0, 0.1) is 12.3 Å². The highest BCUT2D eigenvalue weighted by Crippen LogP contribution is 2.24. The lowest BCUT2D eigenvalue weighted by atomic mass is 9.86. The topological polar surface area (TPSA) is 35.6 Å². The van der Waals surface area contributed by atoms with Crippen molar-refractivity contribution in [3.8, 4) is 0 Å². The quantitative estimate of drug-likeness (QED) is 0.636. The van der Waals surface area contributed by atoms with Crippen molar-refractivity contribution in [3.05, 3.63) is 69.2 Å². The van der Waals surface area contributed by atoms with Gasteiger partial charge in [-0.3, -0.25) is 14.6 Å². The van der Waals surface area contributed by atoms with Crippen molar-refractivity contribution in [1.82, 2.24) is 15.1 Å². The van der Waals surface area contributed by atoms with Crippen molar-refractivity contribution in [2.75, 3.05) is 32.7 Å². The summed E-state index contributed by atoms with van der Waals surface area (Å²) < 4.78 is 0. The molecule has 2 aromatic rings. The molecule has 0 aromatic heterocycles. The fraction of sp³-hybridized carbons (Fsp3) is 0.480. The number of amides is 1. The first-order valence-corrected chi connectivity index (χ1v) is 11.6. The van der Waals surface area contributed by atoms with Gasteiger partial charge in [-0.15, -0.1) is 0 Å². The monoisotopic (exact) mass is 461 g/mol. The van der Waals surface area contributed by atoms with E-state index in [1.807, 2.05) is 49.4 Å². The van der Waals surface area contributed by atoms with Crippen LogP contribution in [0.15, 0.2) is 42.5 Å². The van der Waals surface area contributed by atoms with Crippen molar-refractivity contribution in [1.29, 1.82) is 0 Å². The maximum Gasteiger partial charge on any atom is 0.251 e. The molecule has 1 N–H and O–H groups in total. The Hall–Kier alpha value is -1.59. The second-order valence-corrected chi connectivity index (χ2v) is 10.4. The van der Waals surface area contributed by atoms with Crippen molar-refractivity contribution >= 4 is 29.1 Å². The minimum absolute atomic E-state index is 0.00169. The lowest BCUT2D eigenvalue weighted by molar-refractivity contribution is 0.0790. The molecule has 1 saturated heterocycles. The highest BCUT2D eigenvalue weighted by molar-refractivity contribution is 6.42. The first kappa shape index (κ1) is 24.1. The number of halogens is 2. The van der Waals surface area contributed by atoms with Crippen LogP contribution in [0.3, 0.4) is 0 Å². The molecule has 0 aliphatic carbocycles. The van der Waals surface area contributed by atoms with Crippen LogP contribution in [0.25, 0.3) is 0 Å². The Morgan fingerprint density at radius 1 is 0.968 bits per heavy atom. The highest BCUT2D eigenvalue weighted by Gasteiger charge is 2.30. The molecule has 2 aromatic carbocycles. The summed E-state index contributed by atoms with van der Waals surface area (Å²) in [5.74, 6) is -0.00169. The molecule has 1 aliphatic rings. The number of aryl methyl sites for hydroxylation is 1. The van der Waals surface area contributed by atoms with E-state index < -0.39 is 0 Å². The zero-order valence-corrected chi connectivity index (χ0v) is 20.4. The van der Waals surface area contributed by atoms with Gasteiger partial charge in [0, 0.05) is 50.9 Å². The molecule has 1 atom stereocenters. The van der Waals surface area contributed by atoms with Gasteiger partial charge in [0.1, 0.15) is 0 Å². The number of hydrogen-bond acceptors (Lipinski definition) is 3. The summed E-state index contributed by atoms with van der Waals surface area (Å²) in [5.41, 5.74) is 3.02. The van der Waals surface area contributed by atoms with Crippen LogP contribution in [-0.2, 0) is 6.54 Å². The molecule has 0 unspecified atom stereocenters. The molecule has 3 rings (SSSR count). The summed E-state index contributed by atoms with van der Waals surface area (Å²) in [6, 6.07) is 13.7. The number of carbonyl (C=O) groups excluding carboxylic acids is 1. The van der Waals surface area contributed by atoms with E-state index in [1.54, 1.807) is 0 Å². The van der Waals surface area contributed by atoms with Crippen molar-refractivity contribution < 1.29 is 4.79 Å². The molecule has 1 amide bonds. The van der Waals surface area contributed by atoms with E-state index in [0.717, 1.165) is 44.8 Å². The van der Waals surface area contributed by atoms with E-state index in [0.29, 0.717) is 15.6 Å². The van der Waals surface area contributed by atoms with Crippen molar-refractivity contribution in [2.24, 2.45) is 5.41 Å². The van der Waals surface area contributed by atoms with Gasteiger partial charge in [-0.1, -0.05) is 67.7 Å². The van der Waals surface area contributed by atoms with Gasteiger partial charge < -0.3 is 5.32 Å². The number of carbonyl (C=O) groups is 1. The number of piperazine rings is 1. The molecule has 6 heteroatoms. The van der Waals surface area contributed by atoms with Gasteiger partial charge in [0.25, 0.3) is 5.91 Å². The molecular formula is C25H33Cl2N3O. The molecule has 0 spiro atoms. The Bertz CT molecular complexity index is 885. The van der Waals surface area contributed by atoms with E-state index >= 15 is 0 Å². The number of benzene rings is 2. The van der Waals surface area contributed by atoms with Crippen LogP contribution in [0.1, 0.15) is 42.3 Å². The standard InChI is InChI=1S/C25H33Cl2N3O/c1-18-5-8-20(9-6-18)24(31)28-23(25(2,3)4)17-30-13-11-29(12-14-30)16-19-7-10-21(26)22(27)15-19/h5-10,15,23H,11-14,16-17H2,1-4H3,(H,28,31)/t23-/m0/s1. The average molecular weight is 462 g/mol. The summed E-state index contributed by atoms with van der Waals surface area (Å²) in [6.45, 7) is 14.3. The summed E-state index contributed by atoms with van der Waals surface area (Å²) in [5, 5.41) is 4.48. The Labute approximate surface area is 196 Å². The second-order valence-electron chi connectivity index (χ2n) is 9.58. The summed E-state index contributed by atoms with van der Waals surface area (Å²) in [7, 11) is 0. The molecule has 1 fully saturated rings. The normalized spacial score (nSPS) is 16.8. The zero-order chi connectivity index (χ0) is 22.6. The first-order chi connectivity index (χ1) is 14.6. The Kier molecular flexibility index (Phi) is 8.03. The second kappa shape index (κ2) is 10.4. The Balaban J connectivity index is 1.54. The van der Waals surface area contributed by atoms with E-state index in [1.165, 1.54) is 5.56 Å². The van der Waals surface area contributed by atoms with Crippen LogP contribution in [0.4, 0.5) is 0 Å². The smallest absolute Gasteiger partial charge is 0.251 e. The van der Waals surface area contributed by atoms with E-state index in [9.17, 15) is 4.79 Å². The molecule has 1 aliphatic heterocycles. The summed E-state index contributed by atoms with van der Waals surface area (Å²) >= 11 is 12.2. The van der Waals surface area contributed by atoms with E-state index in [4.69, 9.17) is 23.2 Å². The van der Waals surface area contributed by atoms with Crippen LogP contribution in [0.5, 0.6) is 0 Å². The summed E-state index contributed by atoms with van der Waals surface area (Å²) in [6.07, 6.45) is 0. The molecule has 31 heavy (non-hydrogen) atoms. The van der Waals surface area contributed by atoms with Crippen LogP contribution in [-0.4, -0.2) is 54.5 Å². The van der Waals surface area contributed by atoms with Crippen molar-refractivity contribution in [3.63, 3.8) is 0 Å². The zero-order valence-electron chi connectivity index (χ0n) is 18.9. The first-order valence-electron chi connectivity index (χ1n) is 10.9. The SMILES string of the molecule is Cc1ccc(C(=O)N[C@@H](CN2CCN(Cc3ccc(Cl)c(Cl)c3)CC2)C(C)(C)C)cc1. The average Bonchev–Trinajstić information content (AvgIpc) is 2.71. The minimum Gasteiger partial charge on any atom is -0.347 e. The van der Waals surface area contributed by atoms with Crippen LogP contribution < -0.4 is 5.32 Å². The molecule has 4 nitrogen and oxygen atoms in total. The molecule has 0 saturated carbocycles. The minimum atomic E-state index is -0.0302. The van der Waals surface area contributed by atoms with Gasteiger partial charge in [0.2, 0.25) is 0 Å². The lowest BCUT2D eigenvalue weighted by Crippen LogP contribution is -2.54. The number of nitrogens with one attached hydrogen (secondary N) is 1. The Morgan fingerprint density at radius 3 is 2.16 bits per heavy atom. The van der Waals surface area contributed by atoms with Crippen molar-refractivity contribution in [2.45, 2.75) is 40.3 Å². The molecular weight excluding hydrogens is 429 g/mol. The third kappa shape index (κ3) is 6.95. The van der Waals surface area contributed by atoms with Gasteiger partial charge in [-0.25, -0.2) is 0 Å². The highest BCUT2D eigenvalue weighted by atomic mass is 35.5. The van der Waals surface area contributed by atoms with E-state index in [-0.39, 0.29) is 17.4 Å². The largest absolute Gasteiger partial charge is 0.347 e. The van der Waals surface area contributed by atoms with Crippen LogP contribution >= 0.6 is 23.2 Å². The lowest BCUT2D eigenvalue weighted by Gasteiger charge is -2.40. The molecule has 168 valence electrons. The molecule has 1 heterocycles. The van der Waals surface area contributed by atoms with Gasteiger partial charge >= 0.3 is 0 Å². The number of rotatable bonds is 6. The van der Waals surface area contributed by atoms with Gasteiger partial charge in [-0.2, -0.15) is 0 Å².